The van der Waals surface area contributed by atoms with Gasteiger partial charge in [0.15, 0.2) is 0 Å². The second-order valence-corrected chi connectivity index (χ2v) is 6.14. The van der Waals surface area contributed by atoms with Crippen molar-refractivity contribution in [1.29, 1.82) is 0 Å². The highest BCUT2D eigenvalue weighted by molar-refractivity contribution is 5.85. The summed E-state index contributed by atoms with van der Waals surface area (Å²) in [6.07, 6.45) is 4.85. The van der Waals surface area contributed by atoms with Crippen LogP contribution >= 0.6 is 0 Å². The van der Waals surface area contributed by atoms with E-state index >= 15 is 0 Å². The lowest BCUT2D eigenvalue weighted by Gasteiger charge is -2.31. The first-order valence-electron chi connectivity index (χ1n) is 7.36. The molecule has 1 atom stereocenters. The first-order chi connectivity index (χ1) is 11.0. The maximum atomic E-state index is 14.4. The molecule has 4 rings (SSSR count). The average Bonchev–Trinajstić information content (AvgIpc) is 2.89. The van der Waals surface area contributed by atoms with Gasteiger partial charge in [-0.15, -0.1) is 0 Å². The first kappa shape index (κ1) is 14.3. The Balaban J connectivity index is 1.97. The number of ether oxygens (including phenoxy) is 1. The van der Waals surface area contributed by atoms with Gasteiger partial charge in [0, 0.05) is 30.6 Å². The molecule has 5 nitrogen and oxygen atoms in total. The van der Waals surface area contributed by atoms with Crippen molar-refractivity contribution in [3.05, 3.63) is 47.7 Å². The van der Waals surface area contributed by atoms with E-state index in [1.807, 2.05) is 6.07 Å². The molecule has 3 heterocycles. The van der Waals surface area contributed by atoms with Crippen LogP contribution in [0.1, 0.15) is 18.1 Å². The molecule has 2 aromatic heterocycles. The lowest BCUT2D eigenvalue weighted by Crippen LogP contribution is -2.33. The molecule has 0 amide bonds. The number of benzene rings is 1. The molecule has 118 valence electrons. The van der Waals surface area contributed by atoms with Crippen molar-refractivity contribution in [3.63, 3.8) is 0 Å². The summed E-state index contributed by atoms with van der Waals surface area (Å²) in [5.41, 5.74) is 2.66. The van der Waals surface area contributed by atoms with Crippen molar-refractivity contribution in [3.8, 4) is 11.1 Å². The Kier molecular flexibility index (Phi) is 3.01. The lowest BCUT2D eigenvalue weighted by atomic mass is 9.88. The van der Waals surface area contributed by atoms with E-state index in [4.69, 9.17) is 4.74 Å². The maximum Gasteiger partial charge on any atom is 0.134 e. The third-order valence-corrected chi connectivity index (χ3v) is 4.39. The minimum absolute atomic E-state index is 0.222. The first-order valence-corrected chi connectivity index (χ1v) is 7.36. The predicted octanol–water partition coefficient (Wildman–Crippen LogP) is 2.51. The summed E-state index contributed by atoms with van der Waals surface area (Å²) >= 11 is 0. The Morgan fingerprint density at radius 3 is 2.96 bits per heavy atom. The van der Waals surface area contributed by atoms with Crippen LogP contribution in [0.25, 0.3) is 22.0 Å². The average molecular weight is 313 g/mol. The minimum atomic E-state index is -1.09. The second kappa shape index (κ2) is 4.84. The van der Waals surface area contributed by atoms with Crippen LogP contribution in [0, 0.1) is 5.82 Å². The number of aromatic nitrogens is 3. The molecular formula is C17H16FN3O2. The summed E-state index contributed by atoms with van der Waals surface area (Å²) in [6, 6.07) is 3.36. The van der Waals surface area contributed by atoms with E-state index in [1.54, 1.807) is 31.0 Å². The largest absolute Gasteiger partial charge is 0.383 e. The van der Waals surface area contributed by atoms with E-state index in [2.05, 4.69) is 10.1 Å². The summed E-state index contributed by atoms with van der Waals surface area (Å²) in [7, 11) is 1.78. The van der Waals surface area contributed by atoms with E-state index in [0.717, 1.165) is 16.7 Å². The Bertz CT molecular complexity index is 918. The van der Waals surface area contributed by atoms with Crippen molar-refractivity contribution in [1.82, 2.24) is 14.8 Å². The summed E-state index contributed by atoms with van der Waals surface area (Å²) in [5.74, 6) is -0.327. The number of nitrogens with zero attached hydrogens (tertiary/aromatic N) is 3. The molecule has 3 aromatic rings. The predicted molar refractivity (Wildman–Crippen MR) is 83.1 cm³/mol. The molecule has 0 aliphatic carbocycles. The van der Waals surface area contributed by atoms with Crippen LogP contribution in [0.5, 0.6) is 0 Å². The van der Waals surface area contributed by atoms with E-state index in [0.29, 0.717) is 23.1 Å². The second-order valence-electron chi connectivity index (χ2n) is 6.14. The number of hydrogen-bond acceptors (Lipinski definition) is 4. The van der Waals surface area contributed by atoms with Crippen molar-refractivity contribution < 1.29 is 14.2 Å². The summed E-state index contributed by atoms with van der Waals surface area (Å²) < 4.78 is 21.5. The Hall–Kier alpha value is -2.31. The van der Waals surface area contributed by atoms with Gasteiger partial charge in [0.25, 0.3) is 0 Å². The van der Waals surface area contributed by atoms with Crippen molar-refractivity contribution in [2.75, 3.05) is 6.61 Å². The third-order valence-electron chi connectivity index (χ3n) is 4.39. The van der Waals surface area contributed by atoms with Crippen molar-refractivity contribution >= 4 is 10.9 Å². The van der Waals surface area contributed by atoms with Gasteiger partial charge in [-0.2, -0.15) is 5.10 Å². The third kappa shape index (κ3) is 2.14. The number of aryl methyl sites for hydroxylation is 1. The van der Waals surface area contributed by atoms with Gasteiger partial charge in [-0.1, -0.05) is 0 Å². The molecule has 1 aliphatic heterocycles. The Morgan fingerprint density at radius 1 is 1.30 bits per heavy atom. The van der Waals surface area contributed by atoms with Gasteiger partial charge in [0.2, 0.25) is 0 Å². The molecule has 0 radical (unpaired) electrons. The molecule has 1 unspecified atom stereocenters. The normalized spacial score (nSPS) is 20.7. The van der Waals surface area contributed by atoms with Gasteiger partial charge in [0.05, 0.1) is 30.3 Å². The van der Waals surface area contributed by atoms with Gasteiger partial charge in [0.1, 0.15) is 11.4 Å². The highest BCUT2D eigenvalue weighted by Gasteiger charge is 2.32. The highest BCUT2D eigenvalue weighted by atomic mass is 19.1. The van der Waals surface area contributed by atoms with Crippen LogP contribution in [-0.2, 0) is 24.0 Å². The zero-order valence-corrected chi connectivity index (χ0v) is 12.9. The van der Waals surface area contributed by atoms with Crippen LogP contribution < -0.4 is 0 Å². The van der Waals surface area contributed by atoms with Crippen molar-refractivity contribution in [2.45, 2.75) is 19.1 Å². The molecule has 0 fully saturated rings. The molecule has 0 spiro atoms. The van der Waals surface area contributed by atoms with Crippen LogP contribution in [0.15, 0.2) is 30.7 Å². The number of rotatable bonds is 1. The van der Waals surface area contributed by atoms with Gasteiger partial charge >= 0.3 is 0 Å². The summed E-state index contributed by atoms with van der Waals surface area (Å²) in [4.78, 5) is 4.23. The molecule has 1 N–H and O–H groups in total. The van der Waals surface area contributed by atoms with E-state index < -0.39 is 5.60 Å². The SMILES string of the molecule is Cn1ncc2c(F)cc(-c3cncc4c3COCC4(C)O)cc21. The van der Waals surface area contributed by atoms with Gasteiger partial charge < -0.3 is 9.84 Å². The van der Waals surface area contributed by atoms with Crippen LogP contribution in [0.4, 0.5) is 4.39 Å². The van der Waals surface area contributed by atoms with E-state index in [9.17, 15) is 9.50 Å². The number of halogens is 1. The molecule has 6 heteroatoms. The smallest absolute Gasteiger partial charge is 0.134 e. The highest BCUT2D eigenvalue weighted by Crippen LogP contribution is 2.36. The maximum absolute atomic E-state index is 14.4. The molecule has 23 heavy (non-hydrogen) atoms. The van der Waals surface area contributed by atoms with Crippen LogP contribution in [0.2, 0.25) is 0 Å². The number of pyridine rings is 1. The molecule has 0 bridgehead atoms. The number of fused-ring (bicyclic) bond motifs is 2. The topological polar surface area (TPSA) is 60.2 Å². The van der Waals surface area contributed by atoms with Gasteiger partial charge in [-0.05, 0) is 30.2 Å². The summed E-state index contributed by atoms with van der Waals surface area (Å²) in [6.45, 7) is 2.29. The fourth-order valence-electron chi connectivity index (χ4n) is 3.15. The number of hydrogen-bond donors (Lipinski definition) is 1. The van der Waals surface area contributed by atoms with Crippen LogP contribution in [-0.4, -0.2) is 26.5 Å². The molecule has 0 saturated heterocycles. The summed E-state index contributed by atoms with van der Waals surface area (Å²) in [5, 5.41) is 15.1. The molecule has 1 aromatic carbocycles. The number of aliphatic hydroxyl groups is 1. The fourth-order valence-corrected chi connectivity index (χ4v) is 3.15. The van der Waals surface area contributed by atoms with Crippen LogP contribution in [0.3, 0.4) is 0 Å². The zero-order valence-electron chi connectivity index (χ0n) is 12.9. The van der Waals surface area contributed by atoms with Gasteiger partial charge in [-0.3, -0.25) is 9.67 Å². The standard InChI is InChI=1S/C17H16FN3O2/c1-17(22)9-23-8-13-11(5-19-7-14(13)17)10-3-15(18)12-6-20-21(2)16(12)4-10/h3-7,22H,8-9H2,1-2H3. The molecule has 0 saturated carbocycles. The quantitative estimate of drug-likeness (QED) is 0.750. The Labute approximate surface area is 132 Å². The van der Waals surface area contributed by atoms with Crippen molar-refractivity contribution in [2.24, 2.45) is 7.05 Å². The lowest BCUT2D eigenvalue weighted by molar-refractivity contribution is -0.0603. The molecular weight excluding hydrogens is 297 g/mol. The van der Waals surface area contributed by atoms with E-state index in [1.165, 1.54) is 12.3 Å². The molecule has 1 aliphatic rings. The zero-order chi connectivity index (χ0) is 16.2. The Morgan fingerprint density at radius 2 is 2.13 bits per heavy atom. The fraction of sp³-hybridized carbons (Fsp3) is 0.294. The minimum Gasteiger partial charge on any atom is -0.383 e. The van der Waals surface area contributed by atoms with E-state index in [-0.39, 0.29) is 12.4 Å². The monoisotopic (exact) mass is 313 g/mol. The van der Waals surface area contributed by atoms with Gasteiger partial charge in [-0.25, -0.2) is 4.39 Å².